The summed E-state index contributed by atoms with van der Waals surface area (Å²) in [6, 6.07) is 1.62. The summed E-state index contributed by atoms with van der Waals surface area (Å²) >= 11 is 0. The van der Waals surface area contributed by atoms with Gasteiger partial charge in [0.15, 0.2) is 0 Å². The van der Waals surface area contributed by atoms with Crippen molar-refractivity contribution in [3.8, 4) is 0 Å². The van der Waals surface area contributed by atoms with Crippen LogP contribution in [0, 0.1) is 0 Å². The zero-order chi connectivity index (χ0) is 11.1. The summed E-state index contributed by atoms with van der Waals surface area (Å²) in [4.78, 5) is 2.70. The molecule has 2 nitrogen and oxygen atoms in total. The fourth-order valence-corrected chi connectivity index (χ4v) is 2.75. The number of hydrogen-bond donors (Lipinski definition) is 1. The maximum Gasteiger partial charge on any atom is 0.00931 e. The molecule has 1 saturated heterocycles. The first kappa shape index (κ1) is 13.0. The number of rotatable bonds is 7. The summed E-state index contributed by atoms with van der Waals surface area (Å²) in [5.41, 5.74) is 0. The Kier molecular flexibility index (Phi) is 6.26. The van der Waals surface area contributed by atoms with Gasteiger partial charge in [-0.25, -0.2) is 0 Å². The first-order chi connectivity index (χ1) is 7.31. The molecule has 0 bridgehead atoms. The Morgan fingerprint density at radius 2 is 2.20 bits per heavy atom. The summed E-state index contributed by atoms with van der Waals surface area (Å²) in [6.07, 6.45) is 8.13. The van der Waals surface area contributed by atoms with E-state index in [1.165, 1.54) is 51.6 Å². The summed E-state index contributed by atoms with van der Waals surface area (Å²) in [6.45, 7) is 7.25. The molecule has 0 spiro atoms. The standard InChI is InChI=1S/C13H28N2/c1-4-12(14-3)8-6-10-15-11-7-9-13(15)5-2/h12-14H,4-11H2,1-3H3. The highest BCUT2D eigenvalue weighted by atomic mass is 15.2. The van der Waals surface area contributed by atoms with E-state index in [0.717, 1.165) is 12.1 Å². The van der Waals surface area contributed by atoms with Crippen molar-refractivity contribution in [1.82, 2.24) is 10.2 Å². The van der Waals surface area contributed by atoms with Gasteiger partial charge >= 0.3 is 0 Å². The second-order valence-corrected chi connectivity index (χ2v) is 4.78. The zero-order valence-corrected chi connectivity index (χ0v) is 10.8. The molecule has 1 aliphatic rings. The Morgan fingerprint density at radius 3 is 2.80 bits per heavy atom. The summed E-state index contributed by atoms with van der Waals surface area (Å²) < 4.78 is 0. The van der Waals surface area contributed by atoms with Crippen molar-refractivity contribution in [2.24, 2.45) is 0 Å². The third kappa shape index (κ3) is 4.12. The van der Waals surface area contributed by atoms with E-state index < -0.39 is 0 Å². The van der Waals surface area contributed by atoms with Crippen LogP contribution in [0.15, 0.2) is 0 Å². The van der Waals surface area contributed by atoms with Gasteiger partial charge in [0.25, 0.3) is 0 Å². The van der Waals surface area contributed by atoms with E-state index in [1.807, 2.05) is 0 Å². The molecule has 2 unspecified atom stereocenters. The number of hydrogen-bond acceptors (Lipinski definition) is 2. The second kappa shape index (κ2) is 7.24. The van der Waals surface area contributed by atoms with Crippen LogP contribution in [-0.2, 0) is 0 Å². The van der Waals surface area contributed by atoms with Crippen molar-refractivity contribution in [2.45, 2.75) is 64.5 Å². The van der Waals surface area contributed by atoms with Crippen LogP contribution in [0.2, 0.25) is 0 Å². The highest BCUT2D eigenvalue weighted by Crippen LogP contribution is 2.20. The van der Waals surface area contributed by atoms with Crippen LogP contribution in [0.3, 0.4) is 0 Å². The average Bonchev–Trinajstić information content (AvgIpc) is 2.72. The van der Waals surface area contributed by atoms with E-state index in [1.54, 1.807) is 0 Å². The third-order valence-corrected chi connectivity index (χ3v) is 3.87. The van der Waals surface area contributed by atoms with Crippen molar-refractivity contribution >= 4 is 0 Å². The van der Waals surface area contributed by atoms with Crippen molar-refractivity contribution < 1.29 is 0 Å². The minimum atomic E-state index is 0.729. The molecule has 0 saturated carbocycles. The molecule has 1 rings (SSSR count). The third-order valence-electron chi connectivity index (χ3n) is 3.87. The highest BCUT2D eigenvalue weighted by molar-refractivity contribution is 4.78. The predicted octanol–water partition coefficient (Wildman–Crippen LogP) is 2.64. The van der Waals surface area contributed by atoms with Crippen LogP contribution in [0.25, 0.3) is 0 Å². The van der Waals surface area contributed by atoms with E-state index in [2.05, 4.69) is 31.1 Å². The molecule has 90 valence electrons. The van der Waals surface area contributed by atoms with Crippen LogP contribution in [-0.4, -0.2) is 37.1 Å². The monoisotopic (exact) mass is 212 g/mol. The minimum absolute atomic E-state index is 0.729. The molecule has 1 heterocycles. The Balaban J connectivity index is 2.13. The van der Waals surface area contributed by atoms with Crippen molar-refractivity contribution in [2.75, 3.05) is 20.1 Å². The largest absolute Gasteiger partial charge is 0.317 e. The normalized spacial score (nSPS) is 24.6. The van der Waals surface area contributed by atoms with Gasteiger partial charge in [0, 0.05) is 12.1 Å². The molecule has 1 N–H and O–H groups in total. The molecule has 0 amide bonds. The van der Waals surface area contributed by atoms with Crippen LogP contribution >= 0.6 is 0 Å². The Morgan fingerprint density at radius 1 is 1.40 bits per heavy atom. The summed E-state index contributed by atoms with van der Waals surface area (Å²) in [5.74, 6) is 0. The molecule has 0 aromatic heterocycles. The van der Waals surface area contributed by atoms with E-state index >= 15 is 0 Å². The summed E-state index contributed by atoms with van der Waals surface area (Å²) in [7, 11) is 2.08. The van der Waals surface area contributed by atoms with E-state index in [4.69, 9.17) is 0 Å². The van der Waals surface area contributed by atoms with Gasteiger partial charge in [-0.1, -0.05) is 13.8 Å². The molecule has 15 heavy (non-hydrogen) atoms. The fraction of sp³-hybridized carbons (Fsp3) is 1.00. The fourth-order valence-electron chi connectivity index (χ4n) is 2.75. The van der Waals surface area contributed by atoms with Crippen LogP contribution < -0.4 is 5.32 Å². The maximum atomic E-state index is 3.38. The number of likely N-dealkylation sites (tertiary alicyclic amines) is 1. The van der Waals surface area contributed by atoms with Crippen LogP contribution in [0.5, 0.6) is 0 Å². The Bertz CT molecular complexity index is 155. The smallest absolute Gasteiger partial charge is 0.00931 e. The first-order valence-electron chi connectivity index (χ1n) is 6.73. The van der Waals surface area contributed by atoms with Crippen LogP contribution in [0.4, 0.5) is 0 Å². The SMILES string of the molecule is CCC(CCCN1CCCC1CC)NC. The van der Waals surface area contributed by atoms with Gasteiger partial charge in [-0.3, -0.25) is 0 Å². The first-order valence-corrected chi connectivity index (χ1v) is 6.73. The molecule has 0 aromatic carbocycles. The molecule has 1 fully saturated rings. The van der Waals surface area contributed by atoms with Gasteiger partial charge in [-0.2, -0.15) is 0 Å². The number of nitrogens with zero attached hydrogens (tertiary/aromatic N) is 1. The Hall–Kier alpha value is -0.0800. The molecule has 0 radical (unpaired) electrons. The van der Waals surface area contributed by atoms with Crippen LogP contribution in [0.1, 0.15) is 52.4 Å². The minimum Gasteiger partial charge on any atom is -0.317 e. The van der Waals surface area contributed by atoms with Gasteiger partial charge in [0.05, 0.1) is 0 Å². The lowest BCUT2D eigenvalue weighted by molar-refractivity contribution is 0.239. The average molecular weight is 212 g/mol. The topological polar surface area (TPSA) is 15.3 Å². The van der Waals surface area contributed by atoms with Crippen molar-refractivity contribution in [3.63, 3.8) is 0 Å². The lowest BCUT2D eigenvalue weighted by atomic mass is 10.1. The van der Waals surface area contributed by atoms with Gasteiger partial charge in [0.2, 0.25) is 0 Å². The quantitative estimate of drug-likeness (QED) is 0.698. The lowest BCUT2D eigenvalue weighted by Gasteiger charge is -2.24. The van der Waals surface area contributed by atoms with Gasteiger partial charge < -0.3 is 10.2 Å². The molecule has 0 aromatic rings. The molecular weight excluding hydrogens is 184 g/mol. The predicted molar refractivity (Wildman–Crippen MR) is 67.3 cm³/mol. The highest BCUT2D eigenvalue weighted by Gasteiger charge is 2.21. The van der Waals surface area contributed by atoms with E-state index in [-0.39, 0.29) is 0 Å². The van der Waals surface area contributed by atoms with Crippen molar-refractivity contribution in [3.05, 3.63) is 0 Å². The summed E-state index contributed by atoms with van der Waals surface area (Å²) in [5, 5.41) is 3.38. The maximum absolute atomic E-state index is 3.38. The lowest BCUT2D eigenvalue weighted by Crippen LogP contribution is -2.31. The van der Waals surface area contributed by atoms with Gasteiger partial charge in [-0.15, -0.1) is 0 Å². The molecule has 2 atom stereocenters. The van der Waals surface area contributed by atoms with Crippen molar-refractivity contribution in [1.29, 1.82) is 0 Å². The zero-order valence-electron chi connectivity index (χ0n) is 10.8. The van der Waals surface area contributed by atoms with E-state index in [0.29, 0.717) is 0 Å². The number of nitrogens with one attached hydrogen (secondary N) is 1. The molecule has 1 aliphatic heterocycles. The molecule has 0 aliphatic carbocycles. The van der Waals surface area contributed by atoms with Gasteiger partial charge in [-0.05, 0) is 58.7 Å². The Labute approximate surface area is 95.4 Å². The second-order valence-electron chi connectivity index (χ2n) is 4.78. The van der Waals surface area contributed by atoms with E-state index in [9.17, 15) is 0 Å². The van der Waals surface area contributed by atoms with Gasteiger partial charge in [0.1, 0.15) is 0 Å². The molecule has 2 heteroatoms. The molecular formula is C13H28N2.